The van der Waals surface area contributed by atoms with Gasteiger partial charge in [0, 0.05) is 13.1 Å². The number of unbranched alkanes of at least 4 members (excludes halogenated alkanes) is 4. The first kappa shape index (κ1) is 17.5. The lowest BCUT2D eigenvalue weighted by Gasteiger charge is -2.23. The van der Waals surface area contributed by atoms with E-state index in [4.69, 9.17) is 5.73 Å². The van der Waals surface area contributed by atoms with E-state index >= 15 is 0 Å². The first-order chi connectivity index (χ1) is 10.1. The molecule has 0 saturated heterocycles. The number of rotatable bonds is 9. The number of anilines is 1. The summed E-state index contributed by atoms with van der Waals surface area (Å²) >= 11 is 0. The number of hydrogen-bond donors (Lipinski definition) is 1. The minimum absolute atomic E-state index is 0.0690. The lowest BCUT2D eigenvalue weighted by Crippen LogP contribution is -2.33. The van der Waals surface area contributed by atoms with Gasteiger partial charge in [0.25, 0.3) is 5.91 Å². The molecule has 0 unspecified atom stereocenters. The molecular formula is C17H29N3O. The number of pyridine rings is 1. The summed E-state index contributed by atoms with van der Waals surface area (Å²) in [5.74, 6) is 0.0690. The van der Waals surface area contributed by atoms with Crippen LogP contribution < -0.4 is 5.73 Å². The minimum atomic E-state index is 0.0690. The van der Waals surface area contributed by atoms with Crippen LogP contribution in [0, 0.1) is 6.92 Å². The first-order valence-corrected chi connectivity index (χ1v) is 8.11. The predicted octanol–water partition coefficient (Wildman–Crippen LogP) is 3.79. The Morgan fingerprint density at radius 3 is 2.24 bits per heavy atom. The number of nitrogens with two attached hydrogens (primary N) is 1. The van der Waals surface area contributed by atoms with E-state index in [0.29, 0.717) is 11.3 Å². The Morgan fingerprint density at radius 2 is 1.71 bits per heavy atom. The van der Waals surface area contributed by atoms with Crippen molar-refractivity contribution in [3.8, 4) is 0 Å². The second-order valence-corrected chi connectivity index (χ2v) is 5.61. The lowest BCUT2D eigenvalue weighted by molar-refractivity contribution is 0.0748. The topological polar surface area (TPSA) is 59.2 Å². The highest BCUT2D eigenvalue weighted by atomic mass is 16.2. The van der Waals surface area contributed by atoms with Crippen molar-refractivity contribution in [3.05, 3.63) is 23.5 Å². The third kappa shape index (κ3) is 5.74. The fourth-order valence-corrected chi connectivity index (χ4v) is 2.36. The highest BCUT2D eigenvalue weighted by molar-refractivity contribution is 5.96. The van der Waals surface area contributed by atoms with E-state index in [9.17, 15) is 4.79 Å². The normalized spacial score (nSPS) is 10.6. The molecule has 0 atom stereocenters. The number of nitrogens with zero attached hydrogens (tertiary/aromatic N) is 2. The smallest absolute Gasteiger partial charge is 0.255 e. The fourth-order valence-electron chi connectivity index (χ4n) is 2.36. The molecule has 1 amide bonds. The molecule has 0 aromatic carbocycles. The average Bonchev–Trinajstić information content (AvgIpc) is 2.48. The van der Waals surface area contributed by atoms with Gasteiger partial charge in [-0.05, 0) is 25.8 Å². The van der Waals surface area contributed by atoms with Gasteiger partial charge >= 0.3 is 0 Å². The second kappa shape index (κ2) is 9.37. The number of carbonyl (C=O) groups is 1. The molecule has 4 nitrogen and oxygen atoms in total. The summed E-state index contributed by atoms with van der Waals surface area (Å²) in [6, 6.07) is 1.75. The van der Waals surface area contributed by atoms with E-state index in [1.807, 2.05) is 11.8 Å². The maximum absolute atomic E-state index is 12.7. The highest BCUT2D eigenvalue weighted by Crippen LogP contribution is 2.14. The van der Waals surface area contributed by atoms with E-state index in [0.717, 1.165) is 57.3 Å². The van der Waals surface area contributed by atoms with Crippen LogP contribution in [0.1, 0.15) is 68.4 Å². The number of aromatic nitrogens is 1. The zero-order valence-corrected chi connectivity index (χ0v) is 13.7. The Kier molecular flexibility index (Phi) is 7.80. The molecule has 0 bridgehead atoms. The van der Waals surface area contributed by atoms with Crippen molar-refractivity contribution in [2.75, 3.05) is 18.8 Å². The third-order valence-electron chi connectivity index (χ3n) is 3.69. The standard InChI is InChI=1S/C17H29N3O/c1-4-6-8-10-20(11-9-7-5-2)17(21)16-12-15(18)13-19-14(16)3/h12-13H,4-11,18H2,1-3H3. The van der Waals surface area contributed by atoms with E-state index in [1.165, 1.54) is 0 Å². The maximum Gasteiger partial charge on any atom is 0.255 e. The van der Waals surface area contributed by atoms with Crippen LogP contribution in [0.4, 0.5) is 5.69 Å². The molecule has 0 spiro atoms. The van der Waals surface area contributed by atoms with Gasteiger partial charge in [0.15, 0.2) is 0 Å². The number of hydrogen-bond acceptors (Lipinski definition) is 3. The Hall–Kier alpha value is -1.58. The van der Waals surface area contributed by atoms with Crippen LogP contribution in [-0.2, 0) is 0 Å². The van der Waals surface area contributed by atoms with Gasteiger partial charge in [0.05, 0.1) is 23.1 Å². The molecule has 1 rings (SSSR count). The Bertz CT molecular complexity index is 436. The van der Waals surface area contributed by atoms with Crippen molar-refractivity contribution in [3.63, 3.8) is 0 Å². The molecule has 0 aliphatic heterocycles. The number of aryl methyl sites for hydroxylation is 1. The van der Waals surface area contributed by atoms with Gasteiger partial charge in [-0.1, -0.05) is 39.5 Å². The molecule has 1 aromatic rings. The molecule has 2 N–H and O–H groups in total. The van der Waals surface area contributed by atoms with Crippen molar-refractivity contribution < 1.29 is 4.79 Å². The fraction of sp³-hybridized carbons (Fsp3) is 0.647. The predicted molar refractivity (Wildman–Crippen MR) is 88.3 cm³/mol. The van der Waals surface area contributed by atoms with Crippen LogP contribution in [0.15, 0.2) is 12.3 Å². The summed E-state index contributed by atoms with van der Waals surface area (Å²) in [7, 11) is 0. The van der Waals surface area contributed by atoms with Crippen molar-refractivity contribution in [2.45, 2.75) is 59.3 Å². The third-order valence-corrected chi connectivity index (χ3v) is 3.69. The molecular weight excluding hydrogens is 262 g/mol. The summed E-state index contributed by atoms with van der Waals surface area (Å²) in [6.45, 7) is 7.86. The molecule has 21 heavy (non-hydrogen) atoms. The van der Waals surface area contributed by atoms with Gasteiger partial charge in [0.1, 0.15) is 0 Å². The summed E-state index contributed by atoms with van der Waals surface area (Å²) in [4.78, 5) is 18.9. The van der Waals surface area contributed by atoms with E-state index < -0.39 is 0 Å². The zero-order valence-electron chi connectivity index (χ0n) is 13.7. The molecule has 0 aliphatic carbocycles. The van der Waals surface area contributed by atoms with E-state index in [-0.39, 0.29) is 5.91 Å². The van der Waals surface area contributed by atoms with Gasteiger partial charge in [-0.2, -0.15) is 0 Å². The summed E-state index contributed by atoms with van der Waals surface area (Å²) in [5.41, 5.74) is 7.72. The van der Waals surface area contributed by atoms with Gasteiger partial charge in [-0.3, -0.25) is 9.78 Å². The minimum Gasteiger partial charge on any atom is -0.397 e. The van der Waals surface area contributed by atoms with Gasteiger partial charge in [-0.15, -0.1) is 0 Å². The monoisotopic (exact) mass is 291 g/mol. The molecule has 0 radical (unpaired) electrons. The number of nitrogen functional groups attached to an aromatic ring is 1. The van der Waals surface area contributed by atoms with Crippen molar-refractivity contribution >= 4 is 11.6 Å². The molecule has 1 aromatic heterocycles. The van der Waals surface area contributed by atoms with Crippen LogP contribution in [0.5, 0.6) is 0 Å². The van der Waals surface area contributed by atoms with Crippen LogP contribution in [0.2, 0.25) is 0 Å². The molecule has 0 fully saturated rings. The second-order valence-electron chi connectivity index (χ2n) is 5.61. The summed E-state index contributed by atoms with van der Waals surface area (Å²) in [5, 5.41) is 0. The zero-order chi connectivity index (χ0) is 15.7. The molecule has 118 valence electrons. The van der Waals surface area contributed by atoms with Gasteiger partial charge < -0.3 is 10.6 Å². The number of carbonyl (C=O) groups excluding carboxylic acids is 1. The number of amides is 1. The van der Waals surface area contributed by atoms with Crippen LogP contribution >= 0.6 is 0 Å². The highest BCUT2D eigenvalue weighted by Gasteiger charge is 2.18. The molecule has 0 saturated carbocycles. The Morgan fingerprint density at radius 1 is 1.14 bits per heavy atom. The molecule has 4 heteroatoms. The molecule has 1 heterocycles. The van der Waals surface area contributed by atoms with Crippen LogP contribution in [0.3, 0.4) is 0 Å². The summed E-state index contributed by atoms with van der Waals surface area (Å²) in [6.07, 6.45) is 8.36. The quantitative estimate of drug-likeness (QED) is 0.704. The first-order valence-electron chi connectivity index (χ1n) is 8.11. The largest absolute Gasteiger partial charge is 0.397 e. The van der Waals surface area contributed by atoms with Crippen LogP contribution in [0.25, 0.3) is 0 Å². The van der Waals surface area contributed by atoms with Gasteiger partial charge in [-0.25, -0.2) is 0 Å². The summed E-state index contributed by atoms with van der Waals surface area (Å²) < 4.78 is 0. The Balaban J connectivity index is 2.79. The molecule has 0 aliphatic rings. The van der Waals surface area contributed by atoms with Gasteiger partial charge in [0.2, 0.25) is 0 Å². The van der Waals surface area contributed by atoms with E-state index in [1.54, 1.807) is 12.3 Å². The lowest BCUT2D eigenvalue weighted by atomic mass is 10.1. The van der Waals surface area contributed by atoms with Crippen molar-refractivity contribution in [1.29, 1.82) is 0 Å². The van der Waals surface area contributed by atoms with E-state index in [2.05, 4.69) is 18.8 Å². The van der Waals surface area contributed by atoms with Crippen LogP contribution in [-0.4, -0.2) is 28.9 Å². The van der Waals surface area contributed by atoms with Crippen molar-refractivity contribution in [1.82, 2.24) is 9.88 Å². The Labute approximate surface area is 128 Å². The SMILES string of the molecule is CCCCCN(CCCCC)C(=O)c1cc(N)cnc1C. The maximum atomic E-state index is 12.7. The van der Waals surface area contributed by atoms with Crippen molar-refractivity contribution in [2.24, 2.45) is 0 Å². The average molecular weight is 291 g/mol.